The lowest BCUT2D eigenvalue weighted by Crippen LogP contribution is -2.28. The molecule has 8 heteroatoms. The van der Waals surface area contributed by atoms with Gasteiger partial charge in [-0.1, -0.05) is 12.1 Å². The van der Waals surface area contributed by atoms with Crippen LogP contribution in [0.15, 0.2) is 35.7 Å². The van der Waals surface area contributed by atoms with Gasteiger partial charge in [0.25, 0.3) is 5.91 Å². The molecule has 0 saturated carbocycles. The molecule has 3 rings (SSSR count). The number of halogens is 1. The third-order valence-corrected chi connectivity index (χ3v) is 5.08. The molecule has 0 radical (unpaired) electrons. The van der Waals surface area contributed by atoms with Crippen LogP contribution in [0, 0.1) is 5.82 Å². The molecule has 0 spiro atoms. The molecule has 0 bridgehead atoms. The third-order valence-electron chi connectivity index (χ3n) is 4.17. The highest BCUT2D eigenvalue weighted by atomic mass is 32.1. The maximum absolute atomic E-state index is 13.3. The highest BCUT2D eigenvalue weighted by Gasteiger charge is 2.15. The van der Waals surface area contributed by atoms with Gasteiger partial charge in [0.2, 0.25) is 0 Å². The normalized spacial score (nSPS) is 10.9. The van der Waals surface area contributed by atoms with E-state index in [-0.39, 0.29) is 11.7 Å². The summed E-state index contributed by atoms with van der Waals surface area (Å²) in [7, 11) is 1.77. The van der Waals surface area contributed by atoms with Gasteiger partial charge in [0.1, 0.15) is 11.5 Å². The maximum Gasteiger partial charge on any atom is 0.273 e. The number of hydrogen-bond donors (Lipinski definition) is 2. The van der Waals surface area contributed by atoms with Crippen molar-refractivity contribution >= 4 is 17.2 Å². The molecule has 0 aliphatic heterocycles. The van der Waals surface area contributed by atoms with E-state index in [1.165, 1.54) is 23.5 Å². The van der Waals surface area contributed by atoms with Crippen molar-refractivity contribution < 1.29 is 9.18 Å². The predicted octanol–water partition coefficient (Wildman–Crippen LogP) is 2.88. The van der Waals surface area contributed by atoms with Gasteiger partial charge in [-0.15, -0.1) is 11.3 Å². The smallest absolute Gasteiger partial charge is 0.273 e. The molecule has 3 aromatic rings. The van der Waals surface area contributed by atoms with Crippen LogP contribution in [-0.2, 0) is 12.8 Å². The number of benzene rings is 1. The number of aromatic nitrogens is 3. The first-order valence-corrected chi connectivity index (χ1v) is 9.65. The Morgan fingerprint density at radius 1 is 1.33 bits per heavy atom. The molecular weight excluding hydrogens is 365 g/mol. The van der Waals surface area contributed by atoms with Gasteiger partial charge in [0, 0.05) is 36.7 Å². The van der Waals surface area contributed by atoms with E-state index in [1.54, 1.807) is 23.4 Å². The second-order valence-corrected chi connectivity index (χ2v) is 7.23. The predicted molar refractivity (Wildman–Crippen MR) is 104 cm³/mol. The van der Waals surface area contributed by atoms with Gasteiger partial charge in [-0.2, -0.15) is 5.10 Å². The molecule has 1 aromatic carbocycles. The Labute approximate surface area is 161 Å². The van der Waals surface area contributed by atoms with Crippen molar-refractivity contribution in [3.05, 3.63) is 57.9 Å². The van der Waals surface area contributed by atoms with Gasteiger partial charge in [0.15, 0.2) is 0 Å². The van der Waals surface area contributed by atoms with Crippen LogP contribution in [0.5, 0.6) is 0 Å². The topological polar surface area (TPSA) is 87.9 Å². The molecule has 0 saturated heterocycles. The summed E-state index contributed by atoms with van der Waals surface area (Å²) in [6.07, 6.45) is 2.22. The van der Waals surface area contributed by atoms with Crippen LogP contribution in [0.25, 0.3) is 11.3 Å². The fourth-order valence-corrected chi connectivity index (χ4v) is 3.52. The van der Waals surface area contributed by atoms with Gasteiger partial charge in [-0.25, -0.2) is 9.37 Å². The molecule has 0 atom stereocenters. The number of nitrogens with two attached hydrogens (primary N) is 1. The van der Waals surface area contributed by atoms with Crippen molar-refractivity contribution in [1.82, 2.24) is 20.1 Å². The molecule has 0 unspecified atom stereocenters. The van der Waals surface area contributed by atoms with Crippen molar-refractivity contribution in [3.8, 4) is 11.3 Å². The van der Waals surface area contributed by atoms with E-state index < -0.39 is 0 Å². The van der Waals surface area contributed by atoms with Gasteiger partial charge in [-0.05, 0) is 37.6 Å². The Hall–Kier alpha value is -2.58. The molecule has 2 heterocycles. The van der Waals surface area contributed by atoms with E-state index in [4.69, 9.17) is 5.73 Å². The van der Waals surface area contributed by atoms with E-state index in [0.29, 0.717) is 30.9 Å². The van der Waals surface area contributed by atoms with Gasteiger partial charge >= 0.3 is 0 Å². The van der Waals surface area contributed by atoms with E-state index in [2.05, 4.69) is 15.2 Å². The number of aromatic amines is 1. The first-order chi connectivity index (χ1) is 13.1. The first kappa shape index (κ1) is 19.2. The minimum atomic E-state index is -0.283. The Morgan fingerprint density at radius 2 is 2.19 bits per heavy atom. The van der Waals surface area contributed by atoms with Crippen LogP contribution >= 0.6 is 11.3 Å². The number of amides is 1. The van der Waals surface area contributed by atoms with E-state index in [9.17, 15) is 9.18 Å². The van der Waals surface area contributed by atoms with Crippen molar-refractivity contribution in [2.45, 2.75) is 19.3 Å². The summed E-state index contributed by atoms with van der Waals surface area (Å²) in [4.78, 5) is 18.4. The fourth-order valence-electron chi connectivity index (χ4n) is 2.74. The summed E-state index contributed by atoms with van der Waals surface area (Å²) < 4.78 is 13.3. The van der Waals surface area contributed by atoms with Crippen molar-refractivity contribution in [3.63, 3.8) is 0 Å². The second kappa shape index (κ2) is 8.88. The lowest BCUT2D eigenvalue weighted by Gasteiger charge is -2.15. The number of rotatable bonds is 8. The summed E-state index contributed by atoms with van der Waals surface area (Å²) in [5, 5.41) is 9.88. The Morgan fingerprint density at radius 3 is 2.96 bits per heavy atom. The van der Waals surface area contributed by atoms with Gasteiger partial charge in [-0.3, -0.25) is 9.89 Å². The number of H-pyrrole nitrogens is 1. The van der Waals surface area contributed by atoms with Crippen molar-refractivity contribution in [2.75, 3.05) is 20.1 Å². The number of aryl methyl sites for hydroxylation is 1. The number of hydrogen-bond acceptors (Lipinski definition) is 5. The molecule has 3 N–H and O–H groups in total. The molecular formula is C19H22FN5OS. The molecule has 0 aliphatic rings. The minimum Gasteiger partial charge on any atom is -0.340 e. The number of thiazole rings is 1. The van der Waals surface area contributed by atoms with Crippen molar-refractivity contribution in [1.29, 1.82) is 0 Å². The summed E-state index contributed by atoms with van der Waals surface area (Å²) in [6, 6.07) is 8.26. The average molecular weight is 387 g/mol. The monoisotopic (exact) mass is 387 g/mol. The Bertz CT molecular complexity index is 907. The Kier molecular flexibility index (Phi) is 6.31. The highest BCUT2D eigenvalue weighted by Crippen LogP contribution is 2.19. The lowest BCUT2D eigenvalue weighted by atomic mass is 10.1. The number of carbonyl (C=O) groups excluding carboxylic acids is 1. The highest BCUT2D eigenvalue weighted by molar-refractivity contribution is 7.09. The SMILES string of the molecule is CN(CCCc1cc(-c2cccc(F)c2)n[nH]1)C(=O)c1csc(CCN)n1. The van der Waals surface area contributed by atoms with Crippen LogP contribution in [-0.4, -0.2) is 46.1 Å². The lowest BCUT2D eigenvalue weighted by molar-refractivity contribution is 0.0788. The van der Waals surface area contributed by atoms with Gasteiger partial charge < -0.3 is 10.6 Å². The second-order valence-electron chi connectivity index (χ2n) is 6.28. The number of nitrogens with zero attached hydrogens (tertiary/aromatic N) is 3. The Balaban J connectivity index is 1.51. The molecule has 0 aliphatic carbocycles. The number of nitrogens with one attached hydrogen (secondary N) is 1. The first-order valence-electron chi connectivity index (χ1n) is 8.77. The largest absolute Gasteiger partial charge is 0.340 e. The molecule has 0 fully saturated rings. The van der Waals surface area contributed by atoms with Crippen LogP contribution < -0.4 is 5.73 Å². The molecule has 142 valence electrons. The zero-order chi connectivity index (χ0) is 19.2. The quantitative estimate of drug-likeness (QED) is 0.622. The van der Waals surface area contributed by atoms with E-state index in [0.717, 1.165) is 29.1 Å². The molecule has 2 aromatic heterocycles. The maximum atomic E-state index is 13.3. The zero-order valence-electron chi connectivity index (χ0n) is 15.1. The standard InChI is InChI=1S/C19H22FN5OS/c1-25(19(26)17-12-27-18(22-17)7-8-21)9-3-6-15-11-16(24-23-15)13-4-2-5-14(20)10-13/h2,4-5,10-12H,3,6-9,21H2,1H3,(H,23,24). The van der Waals surface area contributed by atoms with Gasteiger partial charge in [0.05, 0.1) is 10.7 Å². The summed E-state index contributed by atoms with van der Waals surface area (Å²) in [5.74, 6) is -0.367. The van der Waals surface area contributed by atoms with E-state index >= 15 is 0 Å². The third kappa shape index (κ3) is 4.99. The van der Waals surface area contributed by atoms with Crippen LogP contribution in [0.2, 0.25) is 0 Å². The summed E-state index contributed by atoms with van der Waals surface area (Å²) in [6.45, 7) is 1.13. The minimum absolute atomic E-state index is 0.0837. The zero-order valence-corrected chi connectivity index (χ0v) is 15.9. The van der Waals surface area contributed by atoms with Crippen LogP contribution in [0.1, 0.15) is 27.6 Å². The summed E-state index contributed by atoms with van der Waals surface area (Å²) in [5.41, 5.74) is 8.39. The molecule has 6 nitrogen and oxygen atoms in total. The fraction of sp³-hybridized carbons (Fsp3) is 0.316. The van der Waals surface area contributed by atoms with E-state index in [1.807, 2.05) is 12.1 Å². The van der Waals surface area contributed by atoms with Crippen LogP contribution in [0.3, 0.4) is 0 Å². The van der Waals surface area contributed by atoms with Crippen LogP contribution in [0.4, 0.5) is 4.39 Å². The average Bonchev–Trinajstić information content (AvgIpc) is 3.31. The summed E-state index contributed by atoms with van der Waals surface area (Å²) >= 11 is 1.46. The molecule has 27 heavy (non-hydrogen) atoms. The van der Waals surface area contributed by atoms with Crippen molar-refractivity contribution in [2.24, 2.45) is 5.73 Å². The molecule has 1 amide bonds. The number of carbonyl (C=O) groups is 1.